The summed E-state index contributed by atoms with van der Waals surface area (Å²) in [4.78, 5) is 14.9. The average Bonchev–Trinajstić information content (AvgIpc) is 2.66. The smallest absolute Gasteiger partial charge is 0.262 e. The van der Waals surface area contributed by atoms with Crippen LogP contribution < -0.4 is 10.2 Å². The van der Waals surface area contributed by atoms with Gasteiger partial charge in [-0.3, -0.25) is 9.48 Å². The van der Waals surface area contributed by atoms with E-state index in [0.717, 1.165) is 42.3 Å². The Hall–Kier alpha value is -2.30. The fourth-order valence-electron chi connectivity index (χ4n) is 2.87. The standard InChI is InChI=1S/C16H20N4O/c1-11-15(12(2)19(3)18-11)16(21)20-10-6-9-17-13-7-4-5-8-14(13)20/h4-5,7-8,17H,6,9-10H2,1-3H3. The summed E-state index contributed by atoms with van der Waals surface area (Å²) in [6, 6.07) is 7.96. The molecule has 110 valence electrons. The first-order chi connectivity index (χ1) is 10.1. The van der Waals surface area contributed by atoms with E-state index in [-0.39, 0.29) is 5.91 Å². The van der Waals surface area contributed by atoms with Crippen LogP contribution in [0.5, 0.6) is 0 Å². The predicted octanol–water partition coefficient (Wildman–Crippen LogP) is 2.50. The number of aromatic nitrogens is 2. The molecular formula is C16H20N4O. The summed E-state index contributed by atoms with van der Waals surface area (Å²) < 4.78 is 1.77. The number of anilines is 2. The van der Waals surface area contributed by atoms with Gasteiger partial charge in [0.1, 0.15) is 0 Å². The second-order valence-corrected chi connectivity index (χ2v) is 5.42. The number of nitrogens with zero attached hydrogens (tertiary/aromatic N) is 3. The van der Waals surface area contributed by atoms with Crippen molar-refractivity contribution in [2.24, 2.45) is 7.05 Å². The maximum atomic E-state index is 13.0. The minimum atomic E-state index is 0.0363. The first kappa shape index (κ1) is 13.7. The Morgan fingerprint density at radius 3 is 2.76 bits per heavy atom. The first-order valence-electron chi connectivity index (χ1n) is 7.24. The Bertz CT molecular complexity index is 690. The number of amides is 1. The van der Waals surface area contributed by atoms with Crippen LogP contribution in [0.2, 0.25) is 0 Å². The van der Waals surface area contributed by atoms with Crippen LogP contribution in [-0.2, 0) is 7.05 Å². The van der Waals surface area contributed by atoms with Crippen LogP contribution in [0.4, 0.5) is 11.4 Å². The van der Waals surface area contributed by atoms with Crippen molar-refractivity contribution in [1.29, 1.82) is 0 Å². The Kier molecular flexibility index (Phi) is 3.41. The lowest BCUT2D eigenvalue weighted by molar-refractivity contribution is 0.0986. The van der Waals surface area contributed by atoms with Gasteiger partial charge < -0.3 is 10.2 Å². The molecule has 3 rings (SSSR count). The quantitative estimate of drug-likeness (QED) is 0.875. The maximum Gasteiger partial charge on any atom is 0.262 e. The Labute approximate surface area is 124 Å². The highest BCUT2D eigenvalue weighted by Crippen LogP contribution is 2.30. The van der Waals surface area contributed by atoms with E-state index in [1.165, 1.54) is 0 Å². The van der Waals surface area contributed by atoms with Crippen molar-refractivity contribution < 1.29 is 4.79 Å². The van der Waals surface area contributed by atoms with Crippen molar-refractivity contribution >= 4 is 17.3 Å². The lowest BCUT2D eigenvalue weighted by atomic mass is 10.1. The zero-order valence-corrected chi connectivity index (χ0v) is 12.7. The number of para-hydroxylation sites is 2. The maximum absolute atomic E-state index is 13.0. The number of hydrogen-bond donors (Lipinski definition) is 1. The van der Waals surface area contributed by atoms with E-state index in [4.69, 9.17) is 0 Å². The number of aryl methyl sites for hydroxylation is 2. The van der Waals surface area contributed by atoms with E-state index >= 15 is 0 Å². The number of benzene rings is 1. The van der Waals surface area contributed by atoms with Crippen molar-refractivity contribution in [2.45, 2.75) is 20.3 Å². The van der Waals surface area contributed by atoms with Gasteiger partial charge in [0.2, 0.25) is 0 Å². The number of carbonyl (C=O) groups is 1. The van der Waals surface area contributed by atoms with Gasteiger partial charge in [0.05, 0.1) is 22.6 Å². The van der Waals surface area contributed by atoms with Gasteiger partial charge in [0, 0.05) is 25.8 Å². The van der Waals surface area contributed by atoms with Gasteiger partial charge in [-0.2, -0.15) is 5.10 Å². The van der Waals surface area contributed by atoms with Gasteiger partial charge in [-0.25, -0.2) is 0 Å². The summed E-state index contributed by atoms with van der Waals surface area (Å²) in [7, 11) is 1.87. The molecule has 0 spiro atoms. The summed E-state index contributed by atoms with van der Waals surface area (Å²) in [5.41, 5.74) is 4.38. The van der Waals surface area contributed by atoms with E-state index in [1.807, 2.05) is 50.1 Å². The number of carbonyl (C=O) groups excluding carboxylic acids is 1. The highest BCUT2D eigenvalue weighted by Gasteiger charge is 2.26. The van der Waals surface area contributed by atoms with Gasteiger partial charge >= 0.3 is 0 Å². The lowest BCUT2D eigenvalue weighted by Crippen LogP contribution is -2.32. The van der Waals surface area contributed by atoms with Crippen molar-refractivity contribution in [3.8, 4) is 0 Å². The van der Waals surface area contributed by atoms with E-state index in [0.29, 0.717) is 5.56 Å². The van der Waals surface area contributed by atoms with Crippen molar-refractivity contribution in [2.75, 3.05) is 23.3 Å². The van der Waals surface area contributed by atoms with Crippen LogP contribution in [0.1, 0.15) is 28.2 Å². The predicted molar refractivity (Wildman–Crippen MR) is 83.9 cm³/mol. The Morgan fingerprint density at radius 1 is 1.29 bits per heavy atom. The van der Waals surface area contributed by atoms with Crippen molar-refractivity contribution in [3.63, 3.8) is 0 Å². The zero-order chi connectivity index (χ0) is 15.0. The fraction of sp³-hybridized carbons (Fsp3) is 0.375. The number of hydrogen-bond acceptors (Lipinski definition) is 3. The summed E-state index contributed by atoms with van der Waals surface area (Å²) in [5.74, 6) is 0.0363. The molecule has 0 fully saturated rings. The van der Waals surface area contributed by atoms with Gasteiger partial charge in [0.25, 0.3) is 5.91 Å². The highest BCUT2D eigenvalue weighted by molar-refractivity contribution is 6.09. The van der Waals surface area contributed by atoms with Crippen molar-refractivity contribution in [3.05, 3.63) is 41.2 Å². The Morgan fingerprint density at radius 2 is 2.05 bits per heavy atom. The monoisotopic (exact) mass is 284 g/mol. The molecule has 1 aromatic heterocycles. The van der Waals surface area contributed by atoms with Gasteiger partial charge in [-0.15, -0.1) is 0 Å². The molecule has 0 atom stereocenters. The number of rotatable bonds is 1. The van der Waals surface area contributed by atoms with Gasteiger partial charge in [-0.1, -0.05) is 12.1 Å². The largest absolute Gasteiger partial charge is 0.383 e. The minimum absolute atomic E-state index is 0.0363. The second kappa shape index (κ2) is 5.24. The van der Waals surface area contributed by atoms with E-state index in [1.54, 1.807) is 4.68 Å². The average molecular weight is 284 g/mol. The second-order valence-electron chi connectivity index (χ2n) is 5.42. The van der Waals surface area contributed by atoms with Crippen LogP contribution in [0, 0.1) is 13.8 Å². The summed E-state index contributed by atoms with van der Waals surface area (Å²) in [6.07, 6.45) is 0.929. The molecule has 1 aromatic carbocycles. The van der Waals surface area contributed by atoms with E-state index < -0.39 is 0 Å². The zero-order valence-electron chi connectivity index (χ0n) is 12.7. The third-order valence-electron chi connectivity index (χ3n) is 4.04. The Balaban J connectivity index is 2.05. The van der Waals surface area contributed by atoms with Gasteiger partial charge in [0.15, 0.2) is 0 Å². The number of nitrogens with one attached hydrogen (secondary N) is 1. The summed E-state index contributed by atoms with van der Waals surface area (Å²) >= 11 is 0. The van der Waals surface area contributed by atoms with Crippen LogP contribution in [0.25, 0.3) is 0 Å². The number of fused-ring (bicyclic) bond motifs is 1. The van der Waals surface area contributed by atoms with Crippen LogP contribution >= 0.6 is 0 Å². The molecule has 1 aliphatic rings. The molecule has 0 saturated heterocycles. The first-order valence-corrected chi connectivity index (χ1v) is 7.24. The molecule has 2 aromatic rings. The molecule has 1 amide bonds. The van der Waals surface area contributed by atoms with Crippen LogP contribution in [0.15, 0.2) is 24.3 Å². The SMILES string of the molecule is Cc1nn(C)c(C)c1C(=O)N1CCCNc2ccccc21. The molecule has 5 nitrogen and oxygen atoms in total. The molecule has 1 N–H and O–H groups in total. The lowest BCUT2D eigenvalue weighted by Gasteiger charge is -2.22. The van der Waals surface area contributed by atoms with Gasteiger partial charge in [-0.05, 0) is 32.4 Å². The summed E-state index contributed by atoms with van der Waals surface area (Å²) in [6.45, 7) is 5.43. The molecule has 5 heteroatoms. The van der Waals surface area contributed by atoms with E-state index in [2.05, 4.69) is 10.4 Å². The molecule has 21 heavy (non-hydrogen) atoms. The molecule has 0 aliphatic carbocycles. The minimum Gasteiger partial charge on any atom is -0.383 e. The normalized spacial score (nSPS) is 14.3. The van der Waals surface area contributed by atoms with E-state index in [9.17, 15) is 4.79 Å². The molecule has 0 bridgehead atoms. The van der Waals surface area contributed by atoms with Crippen molar-refractivity contribution in [1.82, 2.24) is 9.78 Å². The van der Waals surface area contributed by atoms with Crippen LogP contribution in [-0.4, -0.2) is 28.8 Å². The third kappa shape index (κ3) is 2.28. The molecule has 2 heterocycles. The topological polar surface area (TPSA) is 50.2 Å². The molecular weight excluding hydrogens is 264 g/mol. The molecule has 0 unspecified atom stereocenters. The highest BCUT2D eigenvalue weighted by atomic mass is 16.2. The molecule has 1 aliphatic heterocycles. The molecule has 0 radical (unpaired) electrons. The molecule has 0 saturated carbocycles. The summed E-state index contributed by atoms with van der Waals surface area (Å²) in [5, 5.41) is 7.74. The third-order valence-corrected chi connectivity index (χ3v) is 4.04. The van der Waals surface area contributed by atoms with Crippen LogP contribution in [0.3, 0.4) is 0 Å². The fourth-order valence-corrected chi connectivity index (χ4v) is 2.87.